The molecule has 0 aliphatic rings. The Morgan fingerprint density at radius 1 is 0.955 bits per heavy atom. The fourth-order valence-corrected chi connectivity index (χ4v) is 2.25. The van der Waals surface area contributed by atoms with E-state index in [1.54, 1.807) is 6.07 Å². The minimum atomic E-state index is 0.0162. The van der Waals surface area contributed by atoms with Gasteiger partial charge in [-0.25, -0.2) is 0 Å². The summed E-state index contributed by atoms with van der Waals surface area (Å²) in [5, 5.41) is 35.2. The molecule has 0 heterocycles. The largest absolute Gasteiger partial charge is 0.508 e. The SMILES string of the molecule is Cc1ccc(Nc2cc(NCCO)cc(O)c2C)c(C)c1O. The van der Waals surface area contributed by atoms with Gasteiger partial charge in [-0.05, 0) is 38.5 Å². The first-order chi connectivity index (χ1) is 10.4. The molecular formula is C17H22N2O3. The van der Waals surface area contributed by atoms with Crippen molar-refractivity contribution in [2.75, 3.05) is 23.8 Å². The second kappa shape index (κ2) is 6.58. The smallest absolute Gasteiger partial charge is 0.123 e. The lowest BCUT2D eigenvalue weighted by Crippen LogP contribution is -2.06. The van der Waals surface area contributed by atoms with Crippen LogP contribution in [0.25, 0.3) is 0 Å². The number of nitrogens with one attached hydrogen (secondary N) is 2. The maximum absolute atomic E-state index is 10.0. The summed E-state index contributed by atoms with van der Waals surface area (Å²) in [6, 6.07) is 7.22. The first-order valence-corrected chi connectivity index (χ1v) is 7.18. The molecule has 0 unspecified atom stereocenters. The fourth-order valence-electron chi connectivity index (χ4n) is 2.25. The van der Waals surface area contributed by atoms with E-state index < -0.39 is 0 Å². The van der Waals surface area contributed by atoms with Crippen LogP contribution in [0.3, 0.4) is 0 Å². The van der Waals surface area contributed by atoms with Crippen LogP contribution in [0.2, 0.25) is 0 Å². The Kier molecular flexibility index (Phi) is 4.78. The summed E-state index contributed by atoms with van der Waals surface area (Å²) >= 11 is 0. The van der Waals surface area contributed by atoms with Crippen LogP contribution < -0.4 is 10.6 Å². The average molecular weight is 302 g/mol. The quantitative estimate of drug-likeness (QED) is 0.586. The first kappa shape index (κ1) is 16.0. The highest BCUT2D eigenvalue weighted by Gasteiger charge is 2.10. The van der Waals surface area contributed by atoms with Crippen molar-refractivity contribution in [1.29, 1.82) is 0 Å². The molecule has 2 rings (SSSR count). The van der Waals surface area contributed by atoms with Crippen LogP contribution in [-0.2, 0) is 0 Å². The molecule has 5 heteroatoms. The van der Waals surface area contributed by atoms with E-state index >= 15 is 0 Å². The number of benzene rings is 2. The van der Waals surface area contributed by atoms with Crippen molar-refractivity contribution in [3.63, 3.8) is 0 Å². The van der Waals surface area contributed by atoms with Crippen molar-refractivity contribution in [2.24, 2.45) is 0 Å². The van der Waals surface area contributed by atoms with Gasteiger partial charge in [0, 0.05) is 40.8 Å². The summed E-state index contributed by atoms with van der Waals surface area (Å²) < 4.78 is 0. The average Bonchev–Trinajstić information content (AvgIpc) is 2.50. The molecule has 0 radical (unpaired) electrons. The molecule has 2 aromatic rings. The highest BCUT2D eigenvalue weighted by Crippen LogP contribution is 2.35. The zero-order chi connectivity index (χ0) is 16.3. The van der Waals surface area contributed by atoms with Gasteiger partial charge in [0.15, 0.2) is 0 Å². The van der Waals surface area contributed by atoms with Gasteiger partial charge in [0.1, 0.15) is 11.5 Å². The zero-order valence-electron chi connectivity index (χ0n) is 13.1. The molecule has 0 saturated heterocycles. The third kappa shape index (κ3) is 3.26. The van der Waals surface area contributed by atoms with Gasteiger partial charge in [-0.15, -0.1) is 0 Å². The Hall–Kier alpha value is -2.40. The fraction of sp³-hybridized carbons (Fsp3) is 0.294. The van der Waals surface area contributed by atoms with Crippen LogP contribution in [0, 0.1) is 20.8 Å². The Morgan fingerprint density at radius 2 is 1.68 bits per heavy atom. The predicted molar refractivity (Wildman–Crippen MR) is 89.3 cm³/mol. The van der Waals surface area contributed by atoms with Gasteiger partial charge in [-0.1, -0.05) is 6.07 Å². The van der Waals surface area contributed by atoms with Crippen LogP contribution in [0.5, 0.6) is 11.5 Å². The Morgan fingerprint density at radius 3 is 2.36 bits per heavy atom. The molecule has 0 saturated carbocycles. The third-order valence-electron chi connectivity index (χ3n) is 3.72. The molecule has 5 nitrogen and oxygen atoms in total. The highest BCUT2D eigenvalue weighted by atomic mass is 16.3. The van der Waals surface area contributed by atoms with Gasteiger partial charge in [0.05, 0.1) is 6.61 Å². The number of phenolic OH excluding ortho intramolecular Hbond substituents is 2. The number of anilines is 3. The van der Waals surface area contributed by atoms with Crippen LogP contribution in [0.15, 0.2) is 24.3 Å². The number of aromatic hydroxyl groups is 2. The predicted octanol–water partition coefficient (Wildman–Crippen LogP) is 3.17. The van der Waals surface area contributed by atoms with Gasteiger partial charge in [-0.2, -0.15) is 0 Å². The molecule has 118 valence electrons. The van der Waals surface area contributed by atoms with Crippen LogP contribution in [0.1, 0.15) is 16.7 Å². The number of phenols is 2. The summed E-state index contributed by atoms with van der Waals surface area (Å²) in [6.07, 6.45) is 0. The van der Waals surface area contributed by atoms with Crippen LogP contribution in [0.4, 0.5) is 17.1 Å². The van der Waals surface area contributed by atoms with Gasteiger partial charge in [0.25, 0.3) is 0 Å². The van der Waals surface area contributed by atoms with Gasteiger partial charge >= 0.3 is 0 Å². The summed E-state index contributed by atoms with van der Waals surface area (Å²) in [5.41, 5.74) is 4.54. The summed E-state index contributed by atoms with van der Waals surface area (Å²) in [6.45, 7) is 5.93. The molecular weight excluding hydrogens is 280 g/mol. The maximum Gasteiger partial charge on any atom is 0.123 e. The molecule has 0 spiro atoms. The molecule has 5 N–H and O–H groups in total. The van der Waals surface area contributed by atoms with E-state index in [0.717, 1.165) is 22.5 Å². The summed E-state index contributed by atoms with van der Waals surface area (Å²) in [4.78, 5) is 0. The second-order valence-corrected chi connectivity index (χ2v) is 5.35. The molecule has 2 aromatic carbocycles. The van der Waals surface area contributed by atoms with Gasteiger partial charge in [0.2, 0.25) is 0 Å². The molecule has 0 bridgehead atoms. The standard InChI is InChI=1S/C17H22N2O3/c1-10-4-5-14(12(3)17(10)22)19-15-8-13(18-6-7-20)9-16(21)11(15)2/h4-5,8-9,18-22H,6-7H2,1-3H3. The topological polar surface area (TPSA) is 84.8 Å². The van der Waals surface area contributed by atoms with Gasteiger partial charge in [-0.3, -0.25) is 0 Å². The first-order valence-electron chi connectivity index (χ1n) is 7.18. The zero-order valence-corrected chi connectivity index (χ0v) is 13.1. The van der Waals surface area contributed by atoms with Crippen molar-refractivity contribution < 1.29 is 15.3 Å². The second-order valence-electron chi connectivity index (χ2n) is 5.35. The molecule has 22 heavy (non-hydrogen) atoms. The van der Waals surface area contributed by atoms with Crippen molar-refractivity contribution in [3.05, 3.63) is 41.0 Å². The van der Waals surface area contributed by atoms with E-state index in [4.69, 9.17) is 5.11 Å². The minimum absolute atomic E-state index is 0.0162. The number of aliphatic hydroxyl groups is 1. The lowest BCUT2D eigenvalue weighted by Gasteiger charge is -2.16. The van der Waals surface area contributed by atoms with E-state index in [-0.39, 0.29) is 18.1 Å². The monoisotopic (exact) mass is 302 g/mol. The Labute approximate surface area is 130 Å². The van der Waals surface area contributed by atoms with Crippen LogP contribution >= 0.6 is 0 Å². The third-order valence-corrected chi connectivity index (χ3v) is 3.72. The van der Waals surface area contributed by atoms with E-state index in [9.17, 15) is 10.2 Å². The summed E-state index contributed by atoms with van der Waals surface area (Å²) in [7, 11) is 0. The van der Waals surface area contributed by atoms with E-state index in [0.29, 0.717) is 17.8 Å². The van der Waals surface area contributed by atoms with E-state index in [1.807, 2.05) is 39.0 Å². The molecule has 0 aromatic heterocycles. The van der Waals surface area contributed by atoms with Gasteiger partial charge < -0.3 is 26.0 Å². The lowest BCUT2D eigenvalue weighted by atomic mass is 10.1. The molecule has 0 aliphatic carbocycles. The van der Waals surface area contributed by atoms with E-state index in [1.165, 1.54) is 0 Å². The maximum atomic E-state index is 10.0. The van der Waals surface area contributed by atoms with Crippen molar-refractivity contribution >= 4 is 17.1 Å². The minimum Gasteiger partial charge on any atom is -0.508 e. The number of hydrogen-bond acceptors (Lipinski definition) is 5. The number of rotatable bonds is 5. The molecule has 0 amide bonds. The Balaban J connectivity index is 2.36. The normalized spacial score (nSPS) is 10.5. The number of aliphatic hydroxyl groups excluding tert-OH is 1. The highest BCUT2D eigenvalue weighted by molar-refractivity contribution is 5.74. The number of hydrogen-bond donors (Lipinski definition) is 5. The lowest BCUT2D eigenvalue weighted by molar-refractivity contribution is 0.311. The van der Waals surface area contributed by atoms with Crippen molar-refractivity contribution in [2.45, 2.75) is 20.8 Å². The molecule has 0 atom stereocenters. The summed E-state index contributed by atoms with van der Waals surface area (Å²) in [5.74, 6) is 0.431. The van der Waals surface area contributed by atoms with Crippen molar-refractivity contribution in [3.8, 4) is 11.5 Å². The van der Waals surface area contributed by atoms with Crippen molar-refractivity contribution in [1.82, 2.24) is 0 Å². The van der Waals surface area contributed by atoms with E-state index in [2.05, 4.69) is 10.6 Å². The van der Waals surface area contributed by atoms with Crippen LogP contribution in [-0.4, -0.2) is 28.5 Å². The molecule has 0 aliphatic heterocycles. The number of aryl methyl sites for hydroxylation is 1. The Bertz CT molecular complexity index is 684. The molecule has 0 fully saturated rings.